The van der Waals surface area contributed by atoms with Crippen molar-refractivity contribution in [2.75, 3.05) is 13.1 Å². The molecule has 0 saturated carbocycles. The molecule has 2 rings (SSSR count). The van der Waals surface area contributed by atoms with Crippen molar-refractivity contribution in [2.45, 2.75) is 25.3 Å². The fraction of sp³-hybridized carbons (Fsp3) is 0.316. The monoisotopic (exact) mass is 378 g/mol. The first-order valence-electron chi connectivity index (χ1n) is 8.35. The predicted molar refractivity (Wildman–Crippen MR) is 98.3 cm³/mol. The fourth-order valence-electron chi connectivity index (χ4n) is 2.30. The van der Waals surface area contributed by atoms with Gasteiger partial charge in [0.1, 0.15) is 5.82 Å². The lowest BCUT2D eigenvalue weighted by Crippen LogP contribution is -2.41. The maximum atomic E-state index is 13.1. The Morgan fingerprint density at radius 1 is 1.08 bits per heavy atom. The fourth-order valence-corrected chi connectivity index (χ4v) is 3.69. The molecule has 2 aromatic carbocycles. The van der Waals surface area contributed by atoms with Crippen LogP contribution in [0.15, 0.2) is 59.5 Å². The van der Waals surface area contributed by atoms with E-state index in [1.54, 1.807) is 24.3 Å². The minimum Gasteiger partial charge on any atom is -0.355 e. The van der Waals surface area contributed by atoms with Gasteiger partial charge in [0.05, 0.1) is 11.4 Å². The molecule has 0 aliphatic carbocycles. The van der Waals surface area contributed by atoms with Gasteiger partial charge >= 0.3 is 0 Å². The van der Waals surface area contributed by atoms with Gasteiger partial charge in [-0.25, -0.2) is 12.8 Å². The Morgan fingerprint density at radius 3 is 2.27 bits per heavy atom. The summed E-state index contributed by atoms with van der Waals surface area (Å²) in [5, 5.41) is 2.73. The van der Waals surface area contributed by atoms with E-state index >= 15 is 0 Å². The number of sulfonamides is 1. The average molecular weight is 378 g/mol. The zero-order chi connectivity index (χ0) is 19.2. The summed E-state index contributed by atoms with van der Waals surface area (Å²) in [5.74, 6) is -0.635. The SMILES string of the molecule is CC(C)CNC(=O)CN(Cc1ccccc1)S(=O)(=O)c1ccc(F)cc1. The molecule has 0 spiro atoms. The van der Waals surface area contributed by atoms with Gasteiger partial charge in [0.15, 0.2) is 0 Å². The van der Waals surface area contributed by atoms with Crippen LogP contribution in [0.25, 0.3) is 0 Å². The van der Waals surface area contributed by atoms with Crippen molar-refractivity contribution in [1.82, 2.24) is 9.62 Å². The van der Waals surface area contributed by atoms with E-state index < -0.39 is 15.8 Å². The highest BCUT2D eigenvalue weighted by molar-refractivity contribution is 7.89. The minimum atomic E-state index is -3.94. The molecule has 5 nitrogen and oxygen atoms in total. The number of amides is 1. The number of hydrogen-bond donors (Lipinski definition) is 1. The number of hydrogen-bond acceptors (Lipinski definition) is 3. The van der Waals surface area contributed by atoms with E-state index in [-0.39, 0.29) is 29.8 Å². The maximum absolute atomic E-state index is 13.1. The van der Waals surface area contributed by atoms with Crippen molar-refractivity contribution in [1.29, 1.82) is 0 Å². The molecule has 2 aromatic rings. The van der Waals surface area contributed by atoms with Crippen LogP contribution >= 0.6 is 0 Å². The Labute approximate surface area is 153 Å². The van der Waals surface area contributed by atoms with Gasteiger partial charge in [0.25, 0.3) is 0 Å². The minimum absolute atomic E-state index is 0.0495. The smallest absolute Gasteiger partial charge is 0.243 e. The number of carbonyl (C=O) groups is 1. The Bertz CT molecular complexity index is 822. The van der Waals surface area contributed by atoms with Crippen LogP contribution in [-0.4, -0.2) is 31.7 Å². The molecule has 26 heavy (non-hydrogen) atoms. The lowest BCUT2D eigenvalue weighted by molar-refractivity contribution is -0.121. The van der Waals surface area contributed by atoms with Crippen LogP contribution in [0.2, 0.25) is 0 Å². The second kappa shape index (κ2) is 8.91. The molecule has 7 heteroatoms. The van der Waals surface area contributed by atoms with E-state index in [2.05, 4.69) is 5.32 Å². The summed E-state index contributed by atoms with van der Waals surface area (Å²) in [7, 11) is -3.94. The van der Waals surface area contributed by atoms with Gasteiger partial charge in [-0.15, -0.1) is 0 Å². The number of rotatable bonds is 8. The molecule has 0 unspecified atom stereocenters. The first-order chi connectivity index (χ1) is 12.3. The topological polar surface area (TPSA) is 66.5 Å². The van der Waals surface area contributed by atoms with Crippen molar-refractivity contribution >= 4 is 15.9 Å². The van der Waals surface area contributed by atoms with Gasteiger partial charge < -0.3 is 5.32 Å². The van der Waals surface area contributed by atoms with Gasteiger partial charge in [-0.3, -0.25) is 4.79 Å². The zero-order valence-electron chi connectivity index (χ0n) is 14.9. The van der Waals surface area contributed by atoms with E-state index in [9.17, 15) is 17.6 Å². The second-order valence-corrected chi connectivity index (χ2v) is 8.35. The Balaban J connectivity index is 2.26. The molecule has 0 aromatic heterocycles. The molecule has 0 fully saturated rings. The largest absolute Gasteiger partial charge is 0.355 e. The molecule has 0 atom stereocenters. The highest BCUT2D eigenvalue weighted by Gasteiger charge is 2.27. The van der Waals surface area contributed by atoms with Gasteiger partial charge in [-0.05, 0) is 35.7 Å². The summed E-state index contributed by atoms with van der Waals surface area (Å²) in [6, 6.07) is 13.6. The summed E-state index contributed by atoms with van der Waals surface area (Å²) in [6.45, 7) is 4.13. The molecule has 140 valence electrons. The van der Waals surface area contributed by atoms with Crippen molar-refractivity contribution in [2.24, 2.45) is 5.92 Å². The van der Waals surface area contributed by atoms with Crippen LogP contribution in [0, 0.1) is 11.7 Å². The van der Waals surface area contributed by atoms with E-state index in [1.165, 1.54) is 12.1 Å². The standard InChI is InChI=1S/C19H23FN2O3S/c1-15(2)12-21-19(23)14-22(13-16-6-4-3-5-7-16)26(24,25)18-10-8-17(20)9-11-18/h3-11,15H,12-14H2,1-2H3,(H,21,23). The van der Waals surface area contributed by atoms with Gasteiger partial charge in [-0.1, -0.05) is 44.2 Å². The van der Waals surface area contributed by atoms with Gasteiger partial charge in [-0.2, -0.15) is 4.31 Å². The zero-order valence-corrected chi connectivity index (χ0v) is 15.7. The van der Waals surface area contributed by atoms with Crippen LogP contribution in [-0.2, 0) is 21.4 Å². The first-order valence-corrected chi connectivity index (χ1v) is 9.79. The number of benzene rings is 2. The summed E-state index contributed by atoms with van der Waals surface area (Å²) in [5.41, 5.74) is 0.759. The van der Waals surface area contributed by atoms with Crippen LogP contribution in [0.4, 0.5) is 4.39 Å². The first kappa shape index (κ1) is 20.1. The van der Waals surface area contributed by atoms with E-state index in [0.29, 0.717) is 6.54 Å². The van der Waals surface area contributed by atoms with Crippen molar-refractivity contribution in [3.05, 3.63) is 66.0 Å². The molecule has 0 aliphatic heterocycles. The highest BCUT2D eigenvalue weighted by Crippen LogP contribution is 2.18. The Hall–Kier alpha value is -2.25. The van der Waals surface area contributed by atoms with Crippen molar-refractivity contribution in [3.8, 4) is 0 Å². The van der Waals surface area contributed by atoms with Crippen LogP contribution in [0.3, 0.4) is 0 Å². The summed E-state index contributed by atoms with van der Waals surface area (Å²) >= 11 is 0. The molecule has 0 heterocycles. The van der Waals surface area contributed by atoms with E-state index in [4.69, 9.17) is 0 Å². The van der Waals surface area contributed by atoms with E-state index in [0.717, 1.165) is 22.0 Å². The third-order valence-corrected chi connectivity index (χ3v) is 5.49. The Kier molecular flexibility index (Phi) is 6.88. The molecular formula is C19H23FN2O3S. The lowest BCUT2D eigenvalue weighted by Gasteiger charge is -2.22. The third kappa shape index (κ3) is 5.64. The van der Waals surface area contributed by atoms with E-state index in [1.807, 2.05) is 19.9 Å². The average Bonchev–Trinajstić information content (AvgIpc) is 2.60. The maximum Gasteiger partial charge on any atom is 0.243 e. The van der Waals surface area contributed by atoms with Gasteiger partial charge in [0.2, 0.25) is 15.9 Å². The lowest BCUT2D eigenvalue weighted by atomic mass is 10.2. The Morgan fingerprint density at radius 2 is 1.69 bits per heavy atom. The molecular weight excluding hydrogens is 355 g/mol. The van der Waals surface area contributed by atoms with Gasteiger partial charge in [0, 0.05) is 13.1 Å². The number of nitrogens with zero attached hydrogens (tertiary/aromatic N) is 1. The number of halogens is 1. The van der Waals surface area contributed by atoms with Crippen molar-refractivity contribution in [3.63, 3.8) is 0 Å². The summed E-state index contributed by atoms with van der Waals surface area (Å²) in [4.78, 5) is 12.2. The quantitative estimate of drug-likeness (QED) is 0.768. The van der Waals surface area contributed by atoms with Crippen molar-refractivity contribution < 1.29 is 17.6 Å². The molecule has 0 saturated heterocycles. The number of nitrogens with one attached hydrogen (secondary N) is 1. The molecule has 0 aliphatic rings. The molecule has 1 N–H and O–H groups in total. The third-order valence-electron chi connectivity index (χ3n) is 3.68. The van der Waals surface area contributed by atoms with Crippen LogP contribution < -0.4 is 5.32 Å². The highest BCUT2D eigenvalue weighted by atomic mass is 32.2. The summed E-state index contributed by atoms with van der Waals surface area (Å²) < 4.78 is 40.1. The number of carbonyl (C=O) groups excluding carboxylic acids is 1. The molecule has 1 amide bonds. The normalized spacial score (nSPS) is 11.7. The molecule has 0 radical (unpaired) electrons. The second-order valence-electron chi connectivity index (χ2n) is 6.41. The van der Waals surface area contributed by atoms with Crippen LogP contribution in [0.5, 0.6) is 0 Å². The van der Waals surface area contributed by atoms with Crippen LogP contribution in [0.1, 0.15) is 19.4 Å². The summed E-state index contributed by atoms with van der Waals surface area (Å²) in [6.07, 6.45) is 0. The molecule has 0 bridgehead atoms. The predicted octanol–water partition coefficient (Wildman–Crippen LogP) is 2.79.